The summed E-state index contributed by atoms with van der Waals surface area (Å²) in [4.78, 5) is 17.1. The highest BCUT2D eigenvalue weighted by molar-refractivity contribution is 9.10. The molecule has 5 nitrogen and oxygen atoms in total. The number of nitrogens with zero attached hydrogens (tertiary/aromatic N) is 3. The number of hydrogen-bond acceptors (Lipinski definition) is 4. The lowest BCUT2D eigenvalue weighted by Gasteiger charge is -2.24. The number of anilines is 1. The molecule has 0 saturated carbocycles. The van der Waals surface area contributed by atoms with E-state index < -0.39 is 0 Å². The van der Waals surface area contributed by atoms with Crippen LogP contribution >= 0.6 is 27.3 Å². The van der Waals surface area contributed by atoms with E-state index in [1.165, 1.54) is 23.5 Å². The van der Waals surface area contributed by atoms with Crippen LogP contribution in [0.5, 0.6) is 0 Å². The van der Waals surface area contributed by atoms with Crippen LogP contribution in [0.1, 0.15) is 29.2 Å². The van der Waals surface area contributed by atoms with Crippen molar-refractivity contribution in [2.24, 2.45) is 0 Å². The SMILES string of the molecule is Cc1nn(-c2nc3ccc(Br)cc3s2)c2c1[C@H](c1ccc(F)cc1)CC(=O)N2. The molecule has 3 heterocycles. The summed E-state index contributed by atoms with van der Waals surface area (Å²) in [5, 5.41) is 8.32. The molecule has 28 heavy (non-hydrogen) atoms. The summed E-state index contributed by atoms with van der Waals surface area (Å²) in [5.74, 6) is 0.0898. The molecule has 140 valence electrons. The molecular formula is C20H14BrFN4OS. The molecule has 1 atom stereocenters. The molecule has 1 amide bonds. The summed E-state index contributed by atoms with van der Waals surface area (Å²) < 4.78 is 17.1. The number of nitrogens with one attached hydrogen (secondary N) is 1. The minimum atomic E-state index is -0.294. The van der Waals surface area contributed by atoms with Crippen molar-refractivity contribution in [1.82, 2.24) is 14.8 Å². The highest BCUT2D eigenvalue weighted by Crippen LogP contribution is 2.41. The third-order valence-corrected chi connectivity index (χ3v) is 6.38. The zero-order chi connectivity index (χ0) is 19.4. The maximum Gasteiger partial charge on any atom is 0.226 e. The van der Waals surface area contributed by atoms with Crippen molar-refractivity contribution in [2.75, 3.05) is 5.32 Å². The average Bonchev–Trinajstić information content (AvgIpc) is 3.22. The Morgan fingerprint density at radius 2 is 2.04 bits per heavy atom. The molecule has 0 fully saturated rings. The van der Waals surface area contributed by atoms with Gasteiger partial charge in [0.25, 0.3) is 0 Å². The maximum absolute atomic E-state index is 13.4. The molecule has 2 aromatic heterocycles. The minimum absolute atomic E-state index is 0.0909. The number of rotatable bonds is 2. The summed E-state index contributed by atoms with van der Waals surface area (Å²) in [7, 11) is 0. The lowest BCUT2D eigenvalue weighted by molar-refractivity contribution is -0.116. The molecule has 0 saturated heterocycles. The van der Waals surface area contributed by atoms with Gasteiger partial charge in [0.1, 0.15) is 11.6 Å². The van der Waals surface area contributed by atoms with Gasteiger partial charge in [0.2, 0.25) is 11.0 Å². The van der Waals surface area contributed by atoms with Crippen molar-refractivity contribution in [2.45, 2.75) is 19.3 Å². The Bertz CT molecular complexity index is 1230. The van der Waals surface area contributed by atoms with E-state index in [4.69, 9.17) is 0 Å². The first-order valence-corrected chi connectivity index (χ1v) is 10.3. The van der Waals surface area contributed by atoms with Gasteiger partial charge in [0.05, 0.1) is 15.9 Å². The van der Waals surface area contributed by atoms with Crippen molar-refractivity contribution in [3.63, 3.8) is 0 Å². The third-order valence-electron chi connectivity index (χ3n) is 4.90. The zero-order valence-electron chi connectivity index (χ0n) is 14.7. The van der Waals surface area contributed by atoms with Crippen LogP contribution in [0.15, 0.2) is 46.9 Å². The van der Waals surface area contributed by atoms with Crippen LogP contribution in [0.4, 0.5) is 10.2 Å². The molecule has 1 aliphatic heterocycles. The van der Waals surface area contributed by atoms with Gasteiger partial charge in [-0.2, -0.15) is 9.78 Å². The molecule has 0 unspecified atom stereocenters. The van der Waals surface area contributed by atoms with Crippen molar-refractivity contribution in [1.29, 1.82) is 0 Å². The average molecular weight is 457 g/mol. The van der Waals surface area contributed by atoms with Gasteiger partial charge in [-0.1, -0.05) is 39.4 Å². The van der Waals surface area contributed by atoms with Crippen LogP contribution < -0.4 is 5.32 Å². The number of halogens is 2. The maximum atomic E-state index is 13.4. The normalized spacial score (nSPS) is 16.2. The fraction of sp³-hybridized carbons (Fsp3) is 0.150. The smallest absolute Gasteiger partial charge is 0.226 e. The summed E-state index contributed by atoms with van der Waals surface area (Å²) in [6.07, 6.45) is 0.304. The monoisotopic (exact) mass is 456 g/mol. The number of thiazole rings is 1. The molecule has 0 bridgehead atoms. The van der Waals surface area contributed by atoms with Gasteiger partial charge in [0, 0.05) is 22.4 Å². The molecule has 8 heteroatoms. The molecule has 1 aliphatic rings. The zero-order valence-corrected chi connectivity index (χ0v) is 17.1. The van der Waals surface area contributed by atoms with Crippen molar-refractivity contribution in [3.05, 3.63) is 69.6 Å². The predicted octanol–water partition coefficient (Wildman–Crippen LogP) is 5.17. The second-order valence-corrected chi connectivity index (χ2v) is 8.65. The van der Waals surface area contributed by atoms with Gasteiger partial charge in [-0.05, 0) is 42.8 Å². The molecule has 0 aliphatic carbocycles. The second-order valence-electron chi connectivity index (χ2n) is 6.72. The van der Waals surface area contributed by atoms with E-state index in [0.29, 0.717) is 17.4 Å². The number of hydrogen-bond donors (Lipinski definition) is 1. The van der Waals surface area contributed by atoms with Crippen LogP contribution in [0.3, 0.4) is 0 Å². The van der Waals surface area contributed by atoms with Gasteiger partial charge in [-0.25, -0.2) is 9.37 Å². The Morgan fingerprint density at radius 1 is 1.25 bits per heavy atom. The van der Waals surface area contributed by atoms with Crippen LogP contribution in [-0.2, 0) is 4.79 Å². The number of aromatic nitrogens is 3. The van der Waals surface area contributed by atoms with E-state index in [9.17, 15) is 9.18 Å². The lowest BCUT2D eigenvalue weighted by atomic mass is 9.86. The van der Waals surface area contributed by atoms with E-state index in [1.807, 2.05) is 25.1 Å². The van der Waals surface area contributed by atoms with Gasteiger partial charge < -0.3 is 5.32 Å². The summed E-state index contributed by atoms with van der Waals surface area (Å²) in [6.45, 7) is 1.92. The molecule has 2 aromatic carbocycles. The highest BCUT2D eigenvalue weighted by Gasteiger charge is 2.33. The Balaban J connectivity index is 1.67. The van der Waals surface area contributed by atoms with E-state index in [0.717, 1.165) is 31.5 Å². The van der Waals surface area contributed by atoms with Crippen LogP contribution in [0.25, 0.3) is 15.3 Å². The van der Waals surface area contributed by atoms with Crippen LogP contribution in [0, 0.1) is 12.7 Å². The van der Waals surface area contributed by atoms with Crippen LogP contribution in [-0.4, -0.2) is 20.7 Å². The van der Waals surface area contributed by atoms with Crippen LogP contribution in [0.2, 0.25) is 0 Å². The first-order valence-electron chi connectivity index (χ1n) is 8.71. The molecule has 4 aromatic rings. The number of carbonyl (C=O) groups excluding carboxylic acids is 1. The Labute approximate surface area is 172 Å². The summed E-state index contributed by atoms with van der Waals surface area (Å²) in [5.41, 5.74) is 3.55. The van der Waals surface area contributed by atoms with Gasteiger partial charge in [0.15, 0.2) is 0 Å². The molecule has 5 rings (SSSR count). The number of benzene rings is 2. The van der Waals surface area contributed by atoms with Gasteiger partial charge >= 0.3 is 0 Å². The molecule has 0 spiro atoms. The largest absolute Gasteiger partial charge is 0.310 e. The summed E-state index contributed by atoms with van der Waals surface area (Å²) in [6, 6.07) is 12.2. The Morgan fingerprint density at radius 3 is 2.82 bits per heavy atom. The number of aryl methyl sites for hydroxylation is 1. The van der Waals surface area contributed by atoms with Crippen molar-refractivity contribution in [3.8, 4) is 5.13 Å². The standard InChI is InChI=1S/C20H14BrFN4OS/c1-10-18-14(11-2-5-13(22)6-3-11)9-17(27)24-19(18)26(25-10)20-23-15-7-4-12(21)8-16(15)28-20/h2-8,14H,9H2,1H3,(H,24,27)/t14-/m0/s1. The lowest BCUT2D eigenvalue weighted by Crippen LogP contribution is -2.24. The minimum Gasteiger partial charge on any atom is -0.310 e. The number of carbonyl (C=O) groups is 1. The fourth-order valence-electron chi connectivity index (χ4n) is 3.64. The highest BCUT2D eigenvalue weighted by atomic mass is 79.9. The van der Waals surface area contributed by atoms with Crippen molar-refractivity contribution < 1.29 is 9.18 Å². The van der Waals surface area contributed by atoms with E-state index in [2.05, 4.69) is 31.3 Å². The third kappa shape index (κ3) is 2.84. The van der Waals surface area contributed by atoms with E-state index in [1.54, 1.807) is 16.8 Å². The van der Waals surface area contributed by atoms with Gasteiger partial charge in [-0.3, -0.25) is 4.79 Å². The first-order chi connectivity index (χ1) is 13.5. The topological polar surface area (TPSA) is 59.8 Å². The Kier molecular flexibility index (Phi) is 4.06. The summed E-state index contributed by atoms with van der Waals surface area (Å²) >= 11 is 4.99. The Hall–Kier alpha value is -2.58. The van der Waals surface area contributed by atoms with Gasteiger partial charge in [-0.15, -0.1) is 0 Å². The van der Waals surface area contributed by atoms with E-state index in [-0.39, 0.29) is 17.6 Å². The van der Waals surface area contributed by atoms with E-state index >= 15 is 0 Å². The van der Waals surface area contributed by atoms with Crippen molar-refractivity contribution >= 4 is 49.2 Å². The first kappa shape index (κ1) is 17.5. The molecular weight excluding hydrogens is 443 g/mol. The predicted molar refractivity (Wildman–Crippen MR) is 111 cm³/mol. The molecule has 0 radical (unpaired) electrons. The quantitative estimate of drug-likeness (QED) is 0.452. The fourth-order valence-corrected chi connectivity index (χ4v) is 5.12. The molecule has 1 N–H and O–H groups in total. The number of amides is 1. The number of fused-ring (bicyclic) bond motifs is 2. The second kappa shape index (κ2) is 6.49.